The van der Waals surface area contributed by atoms with E-state index < -0.39 is 28.1 Å². The van der Waals surface area contributed by atoms with Crippen LogP contribution in [0.3, 0.4) is 0 Å². The molecule has 0 saturated heterocycles. The standard InChI is InChI=1S/C24H19FN4O5/c1-34-18-9-6-16(7-10-18)28-21(14-20(27-28)24(26)32)22(30)12-15-5-8-17(13-19(15)25)29(33)11-3-2-4-23(29)31/h2-11,13-14H,12H2,1H3,(H2,26,32). The molecule has 10 heteroatoms. The molecule has 34 heavy (non-hydrogen) atoms. The molecule has 2 N–H and O–H groups in total. The Balaban J connectivity index is 1.65. The number of carbonyl (C=O) groups is 3. The van der Waals surface area contributed by atoms with Gasteiger partial charge in [0.1, 0.15) is 29.1 Å². The van der Waals surface area contributed by atoms with E-state index in [0.717, 1.165) is 18.3 Å². The Labute approximate surface area is 193 Å². The number of hydrogen-bond donors (Lipinski definition) is 1. The van der Waals surface area contributed by atoms with Crippen LogP contribution in [0, 0.1) is 11.0 Å². The molecule has 1 unspecified atom stereocenters. The largest absolute Gasteiger partial charge is 0.614 e. The maximum absolute atomic E-state index is 14.9. The maximum atomic E-state index is 14.9. The quantitative estimate of drug-likeness (QED) is 0.327. The lowest BCUT2D eigenvalue weighted by molar-refractivity contribution is -0.121. The molecule has 0 fully saturated rings. The summed E-state index contributed by atoms with van der Waals surface area (Å²) in [5.74, 6) is -2.37. The van der Waals surface area contributed by atoms with Crippen LogP contribution in [-0.4, -0.2) is 34.5 Å². The molecule has 1 atom stereocenters. The molecule has 0 spiro atoms. The lowest BCUT2D eigenvalue weighted by atomic mass is 10.0. The van der Waals surface area contributed by atoms with E-state index in [9.17, 15) is 24.0 Å². The number of hydroxylamine groups is 2. The van der Waals surface area contributed by atoms with Crippen LogP contribution in [0.4, 0.5) is 10.1 Å². The lowest BCUT2D eigenvalue weighted by Crippen LogP contribution is -2.43. The van der Waals surface area contributed by atoms with E-state index in [-0.39, 0.29) is 29.1 Å². The summed E-state index contributed by atoms with van der Waals surface area (Å²) in [6.07, 6.45) is 4.65. The maximum Gasteiger partial charge on any atom is 0.348 e. The molecule has 0 aliphatic carbocycles. The van der Waals surface area contributed by atoms with Crippen molar-refractivity contribution in [3.8, 4) is 11.4 Å². The SMILES string of the molecule is COc1ccc(-n2nc(C(N)=O)cc2C(=O)Cc2ccc([N+]3([O-])C=CC=CC3=O)cc2F)cc1. The molecule has 1 aliphatic rings. The van der Waals surface area contributed by atoms with Crippen LogP contribution in [-0.2, 0) is 11.2 Å². The Morgan fingerprint density at radius 1 is 1.15 bits per heavy atom. The fourth-order valence-corrected chi connectivity index (χ4v) is 3.48. The van der Waals surface area contributed by atoms with Crippen molar-refractivity contribution in [2.24, 2.45) is 5.73 Å². The third-order valence-electron chi connectivity index (χ3n) is 5.31. The van der Waals surface area contributed by atoms with Gasteiger partial charge in [-0.15, -0.1) is 0 Å². The summed E-state index contributed by atoms with van der Waals surface area (Å²) < 4.78 is 19.8. The molecule has 2 aromatic carbocycles. The number of amides is 2. The Kier molecular flexibility index (Phi) is 5.93. The van der Waals surface area contributed by atoms with Crippen molar-refractivity contribution in [2.75, 3.05) is 7.11 Å². The van der Waals surface area contributed by atoms with Crippen LogP contribution >= 0.6 is 0 Å². The number of ketones is 1. The van der Waals surface area contributed by atoms with Gasteiger partial charge in [0.05, 0.1) is 12.8 Å². The molecule has 3 aromatic rings. The van der Waals surface area contributed by atoms with Gasteiger partial charge in [0.15, 0.2) is 11.5 Å². The molecule has 172 valence electrons. The van der Waals surface area contributed by atoms with E-state index in [4.69, 9.17) is 10.5 Å². The second kappa shape index (κ2) is 8.85. The predicted molar refractivity (Wildman–Crippen MR) is 122 cm³/mol. The van der Waals surface area contributed by atoms with Gasteiger partial charge >= 0.3 is 5.91 Å². The van der Waals surface area contributed by atoms with E-state index in [1.54, 1.807) is 24.3 Å². The van der Waals surface area contributed by atoms with Gasteiger partial charge in [-0.1, -0.05) is 0 Å². The first kappa shape index (κ1) is 22.8. The third kappa shape index (κ3) is 4.15. The first-order chi connectivity index (χ1) is 16.2. The number of aromatic nitrogens is 2. The van der Waals surface area contributed by atoms with Gasteiger partial charge in [0.2, 0.25) is 0 Å². The Morgan fingerprint density at radius 3 is 2.50 bits per heavy atom. The number of carbonyl (C=O) groups excluding carboxylic acids is 3. The highest BCUT2D eigenvalue weighted by atomic mass is 19.1. The smallest absolute Gasteiger partial charge is 0.348 e. The van der Waals surface area contributed by atoms with Gasteiger partial charge in [0, 0.05) is 30.7 Å². The number of ether oxygens (including phenoxy) is 1. The first-order valence-corrected chi connectivity index (χ1v) is 10.1. The van der Waals surface area contributed by atoms with Crippen molar-refractivity contribution in [1.29, 1.82) is 0 Å². The van der Waals surface area contributed by atoms with Crippen molar-refractivity contribution < 1.29 is 23.5 Å². The van der Waals surface area contributed by atoms with Gasteiger partial charge in [0.25, 0.3) is 5.91 Å². The molecule has 4 rings (SSSR count). The van der Waals surface area contributed by atoms with Crippen LogP contribution in [0.1, 0.15) is 26.5 Å². The molecule has 0 radical (unpaired) electrons. The average Bonchev–Trinajstić information content (AvgIpc) is 3.28. The van der Waals surface area contributed by atoms with Gasteiger partial charge in [-0.05, 0) is 48.0 Å². The van der Waals surface area contributed by atoms with E-state index in [1.165, 1.54) is 42.1 Å². The van der Waals surface area contributed by atoms with Crippen LogP contribution in [0.5, 0.6) is 5.75 Å². The Morgan fingerprint density at radius 2 is 1.88 bits per heavy atom. The number of halogens is 1. The van der Waals surface area contributed by atoms with Crippen molar-refractivity contribution in [3.63, 3.8) is 0 Å². The zero-order chi connectivity index (χ0) is 24.5. The minimum atomic E-state index is -1.46. The summed E-state index contributed by atoms with van der Waals surface area (Å²) in [4.78, 5) is 36.8. The second-order valence-corrected chi connectivity index (χ2v) is 7.46. The van der Waals surface area contributed by atoms with Crippen molar-refractivity contribution in [3.05, 3.63) is 101 Å². The number of benzene rings is 2. The summed E-state index contributed by atoms with van der Waals surface area (Å²) in [5, 5.41) is 16.9. The van der Waals surface area contributed by atoms with E-state index in [0.29, 0.717) is 11.4 Å². The molecular formula is C24H19FN4O5. The van der Waals surface area contributed by atoms with Crippen LogP contribution in [0.2, 0.25) is 0 Å². The molecule has 0 saturated carbocycles. The molecule has 1 aliphatic heterocycles. The Hall–Kier alpha value is -4.41. The van der Waals surface area contributed by atoms with Gasteiger partial charge in [-0.2, -0.15) is 5.10 Å². The number of nitrogens with two attached hydrogens (primary N) is 1. The second-order valence-electron chi connectivity index (χ2n) is 7.46. The van der Waals surface area contributed by atoms with Crippen LogP contribution in [0.15, 0.2) is 73.0 Å². The monoisotopic (exact) mass is 462 g/mol. The van der Waals surface area contributed by atoms with Crippen molar-refractivity contribution >= 4 is 23.3 Å². The van der Waals surface area contributed by atoms with Crippen molar-refractivity contribution in [2.45, 2.75) is 6.42 Å². The summed E-state index contributed by atoms with van der Waals surface area (Å²) in [6.45, 7) is 0. The number of rotatable bonds is 7. The fourth-order valence-electron chi connectivity index (χ4n) is 3.48. The lowest BCUT2D eigenvalue weighted by Gasteiger charge is -2.35. The number of methoxy groups -OCH3 is 1. The third-order valence-corrected chi connectivity index (χ3v) is 5.31. The summed E-state index contributed by atoms with van der Waals surface area (Å²) >= 11 is 0. The summed E-state index contributed by atoms with van der Waals surface area (Å²) in [7, 11) is 1.51. The number of quaternary nitrogens is 1. The topological polar surface area (TPSA) is 127 Å². The fraction of sp³-hybridized carbons (Fsp3) is 0.0833. The molecule has 1 aromatic heterocycles. The van der Waals surface area contributed by atoms with Crippen LogP contribution < -0.4 is 15.1 Å². The zero-order valence-electron chi connectivity index (χ0n) is 18.0. The number of primary amides is 1. The minimum Gasteiger partial charge on any atom is -0.614 e. The van der Waals surface area contributed by atoms with E-state index in [2.05, 4.69) is 5.10 Å². The van der Waals surface area contributed by atoms with E-state index >= 15 is 0 Å². The highest BCUT2D eigenvalue weighted by Crippen LogP contribution is 2.28. The molecular weight excluding hydrogens is 443 g/mol. The molecule has 9 nitrogen and oxygen atoms in total. The zero-order valence-corrected chi connectivity index (χ0v) is 18.0. The number of Topliss-reactive ketones (excluding diaryl/α,β-unsaturated/α-hetero) is 1. The average molecular weight is 462 g/mol. The Bertz CT molecular complexity index is 1360. The van der Waals surface area contributed by atoms with Crippen LogP contribution in [0.25, 0.3) is 5.69 Å². The summed E-state index contributed by atoms with van der Waals surface area (Å²) in [6, 6.07) is 11.3. The molecule has 2 amide bonds. The highest BCUT2D eigenvalue weighted by molar-refractivity contribution is 6.01. The van der Waals surface area contributed by atoms with Gasteiger partial charge in [-0.25, -0.2) is 18.5 Å². The minimum absolute atomic E-state index is 0.00689. The number of nitrogens with zero attached hydrogens (tertiary/aromatic N) is 3. The number of hydrogen-bond acceptors (Lipinski definition) is 6. The summed E-state index contributed by atoms with van der Waals surface area (Å²) in [5.41, 5.74) is 5.57. The predicted octanol–water partition coefficient (Wildman–Crippen LogP) is 2.96. The van der Waals surface area contributed by atoms with Gasteiger partial charge < -0.3 is 15.7 Å². The molecule has 0 bridgehead atoms. The van der Waals surface area contributed by atoms with Crippen molar-refractivity contribution in [1.82, 2.24) is 14.4 Å². The van der Waals surface area contributed by atoms with E-state index in [1.807, 2.05) is 0 Å². The molecule has 2 heterocycles. The first-order valence-electron chi connectivity index (χ1n) is 10.1. The van der Waals surface area contributed by atoms with Gasteiger partial charge in [-0.3, -0.25) is 9.59 Å². The highest BCUT2D eigenvalue weighted by Gasteiger charge is 2.29. The number of allylic oxidation sites excluding steroid dienone is 2. The normalized spacial score (nSPS) is 17.1.